The minimum absolute atomic E-state index is 0.105. The van der Waals surface area contributed by atoms with Gasteiger partial charge in [-0.3, -0.25) is 9.48 Å². The van der Waals surface area contributed by atoms with Crippen molar-refractivity contribution in [2.24, 2.45) is 13.0 Å². The standard InChI is InChI=1S/C19H26N4O3S/c1-14(2)15-4-6-17(7-5-15)27(25,26)23-12-8-16(9-13-23)19(24)20-18-10-11-22(3)21-18/h4-7,10-11,14,16H,8-9,12-13H2,1-3H3,(H,20,21,24). The summed E-state index contributed by atoms with van der Waals surface area (Å²) in [7, 11) is -1.74. The van der Waals surface area contributed by atoms with Crippen LogP contribution < -0.4 is 5.32 Å². The van der Waals surface area contributed by atoms with E-state index in [0.29, 0.717) is 42.6 Å². The Morgan fingerprint density at radius 3 is 2.30 bits per heavy atom. The zero-order valence-corrected chi connectivity index (χ0v) is 16.7. The van der Waals surface area contributed by atoms with Gasteiger partial charge in [0, 0.05) is 38.3 Å². The summed E-state index contributed by atoms with van der Waals surface area (Å²) >= 11 is 0. The van der Waals surface area contributed by atoms with Gasteiger partial charge in [0.2, 0.25) is 15.9 Å². The van der Waals surface area contributed by atoms with Crippen LogP contribution in [-0.2, 0) is 21.9 Å². The molecule has 1 aliphatic heterocycles. The van der Waals surface area contributed by atoms with Gasteiger partial charge in [-0.1, -0.05) is 26.0 Å². The molecule has 1 aliphatic rings. The highest BCUT2D eigenvalue weighted by atomic mass is 32.2. The number of aromatic nitrogens is 2. The van der Waals surface area contributed by atoms with E-state index < -0.39 is 10.0 Å². The Labute approximate surface area is 160 Å². The fourth-order valence-electron chi connectivity index (χ4n) is 3.24. The molecule has 0 aliphatic carbocycles. The van der Waals surface area contributed by atoms with E-state index in [2.05, 4.69) is 24.3 Å². The van der Waals surface area contributed by atoms with Crippen LogP contribution in [0, 0.1) is 5.92 Å². The van der Waals surface area contributed by atoms with Crippen LogP contribution in [0.25, 0.3) is 0 Å². The Balaban J connectivity index is 1.61. The van der Waals surface area contributed by atoms with Crippen LogP contribution in [-0.4, -0.2) is 41.5 Å². The van der Waals surface area contributed by atoms with Gasteiger partial charge in [0.25, 0.3) is 0 Å². The molecule has 3 rings (SSSR count). The molecule has 7 nitrogen and oxygen atoms in total. The van der Waals surface area contributed by atoms with Crippen molar-refractivity contribution < 1.29 is 13.2 Å². The monoisotopic (exact) mass is 390 g/mol. The molecule has 0 saturated carbocycles. The second-order valence-corrected chi connectivity index (χ2v) is 9.20. The van der Waals surface area contributed by atoms with E-state index in [1.54, 1.807) is 36.1 Å². The van der Waals surface area contributed by atoms with Crippen molar-refractivity contribution in [2.75, 3.05) is 18.4 Å². The molecule has 1 amide bonds. The first-order chi connectivity index (χ1) is 12.8. The van der Waals surface area contributed by atoms with Crippen molar-refractivity contribution in [3.8, 4) is 0 Å². The highest BCUT2D eigenvalue weighted by Gasteiger charge is 2.32. The molecule has 0 atom stereocenters. The third kappa shape index (κ3) is 4.39. The lowest BCUT2D eigenvalue weighted by Crippen LogP contribution is -2.41. The van der Waals surface area contributed by atoms with E-state index in [4.69, 9.17) is 0 Å². The molecule has 0 bridgehead atoms. The number of piperidine rings is 1. The van der Waals surface area contributed by atoms with Crippen LogP contribution in [0.4, 0.5) is 5.82 Å². The summed E-state index contributed by atoms with van der Waals surface area (Å²) in [5.41, 5.74) is 1.11. The van der Waals surface area contributed by atoms with E-state index in [1.807, 2.05) is 12.1 Å². The summed E-state index contributed by atoms with van der Waals surface area (Å²) in [6.07, 6.45) is 2.76. The summed E-state index contributed by atoms with van der Waals surface area (Å²) in [5.74, 6) is 0.562. The van der Waals surface area contributed by atoms with Crippen molar-refractivity contribution in [1.82, 2.24) is 14.1 Å². The third-order valence-corrected chi connectivity index (χ3v) is 6.89. The molecule has 8 heteroatoms. The number of anilines is 1. The lowest BCUT2D eigenvalue weighted by molar-refractivity contribution is -0.120. The smallest absolute Gasteiger partial charge is 0.243 e. The molecular formula is C19H26N4O3S. The Kier molecular flexibility index (Phi) is 5.67. The quantitative estimate of drug-likeness (QED) is 0.850. The molecule has 1 aromatic carbocycles. The van der Waals surface area contributed by atoms with E-state index in [0.717, 1.165) is 5.56 Å². The number of benzene rings is 1. The first kappa shape index (κ1) is 19.6. The molecule has 1 fully saturated rings. The van der Waals surface area contributed by atoms with Crippen LogP contribution in [0.5, 0.6) is 0 Å². The Hall–Kier alpha value is -2.19. The lowest BCUT2D eigenvalue weighted by Gasteiger charge is -2.30. The van der Waals surface area contributed by atoms with E-state index >= 15 is 0 Å². The van der Waals surface area contributed by atoms with Crippen molar-refractivity contribution in [3.05, 3.63) is 42.1 Å². The van der Waals surface area contributed by atoms with Crippen LogP contribution >= 0.6 is 0 Å². The minimum atomic E-state index is -3.52. The van der Waals surface area contributed by atoms with Gasteiger partial charge < -0.3 is 5.32 Å². The summed E-state index contributed by atoms with van der Waals surface area (Å²) in [6.45, 7) is 4.83. The van der Waals surface area contributed by atoms with Crippen LogP contribution in [0.3, 0.4) is 0 Å². The summed E-state index contributed by atoms with van der Waals surface area (Å²) in [4.78, 5) is 12.7. The van der Waals surface area contributed by atoms with Gasteiger partial charge >= 0.3 is 0 Å². The third-order valence-electron chi connectivity index (χ3n) is 4.97. The molecule has 2 aromatic rings. The van der Waals surface area contributed by atoms with Crippen LogP contribution in [0.1, 0.15) is 38.2 Å². The van der Waals surface area contributed by atoms with Crippen molar-refractivity contribution in [1.29, 1.82) is 0 Å². The van der Waals surface area contributed by atoms with Gasteiger partial charge in [0.15, 0.2) is 5.82 Å². The van der Waals surface area contributed by atoms with E-state index in [9.17, 15) is 13.2 Å². The maximum absolute atomic E-state index is 12.9. The van der Waals surface area contributed by atoms with E-state index in [-0.39, 0.29) is 11.8 Å². The number of nitrogens with one attached hydrogen (secondary N) is 1. The normalized spacial score (nSPS) is 16.6. The highest BCUT2D eigenvalue weighted by molar-refractivity contribution is 7.89. The molecule has 0 unspecified atom stereocenters. The minimum Gasteiger partial charge on any atom is -0.309 e. The molecule has 2 heterocycles. The average Bonchev–Trinajstić information content (AvgIpc) is 3.06. The number of sulfonamides is 1. The van der Waals surface area contributed by atoms with Crippen LogP contribution in [0.2, 0.25) is 0 Å². The van der Waals surface area contributed by atoms with E-state index in [1.165, 1.54) is 4.31 Å². The number of amides is 1. The predicted octanol–water partition coefficient (Wildman–Crippen LogP) is 2.58. The fourth-order valence-corrected chi connectivity index (χ4v) is 4.71. The average molecular weight is 391 g/mol. The second kappa shape index (κ2) is 7.82. The fraction of sp³-hybridized carbons (Fsp3) is 0.474. The van der Waals surface area contributed by atoms with Gasteiger partial charge in [0.05, 0.1) is 4.90 Å². The largest absolute Gasteiger partial charge is 0.309 e. The van der Waals surface area contributed by atoms with Crippen molar-refractivity contribution in [2.45, 2.75) is 37.5 Å². The van der Waals surface area contributed by atoms with Crippen molar-refractivity contribution in [3.63, 3.8) is 0 Å². The number of carbonyl (C=O) groups is 1. The lowest BCUT2D eigenvalue weighted by atomic mass is 9.97. The van der Waals surface area contributed by atoms with Crippen molar-refractivity contribution >= 4 is 21.7 Å². The summed E-state index contributed by atoms with van der Waals surface area (Å²) < 4.78 is 28.8. The number of aryl methyl sites for hydroxylation is 1. The van der Waals surface area contributed by atoms with Crippen LogP contribution in [0.15, 0.2) is 41.4 Å². The van der Waals surface area contributed by atoms with Gasteiger partial charge in [-0.2, -0.15) is 9.40 Å². The van der Waals surface area contributed by atoms with Gasteiger partial charge in [0.1, 0.15) is 0 Å². The first-order valence-corrected chi connectivity index (χ1v) is 10.6. The maximum Gasteiger partial charge on any atom is 0.243 e. The van der Waals surface area contributed by atoms with Gasteiger partial charge in [-0.15, -0.1) is 0 Å². The molecule has 146 valence electrons. The number of nitrogens with zero attached hydrogens (tertiary/aromatic N) is 3. The summed E-state index contributed by atoms with van der Waals surface area (Å²) in [6, 6.07) is 8.81. The highest BCUT2D eigenvalue weighted by Crippen LogP contribution is 2.26. The molecule has 1 saturated heterocycles. The second-order valence-electron chi connectivity index (χ2n) is 7.27. The summed E-state index contributed by atoms with van der Waals surface area (Å²) in [5, 5.41) is 6.93. The SMILES string of the molecule is CC(C)c1ccc(S(=O)(=O)N2CCC(C(=O)Nc3ccn(C)n3)CC2)cc1. The molecule has 0 spiro atoms. The Bertz CT molecular complexity index is 895. The molecule has 0 radical (unpaired) electrons. The number of carbonyl (C=O) groups excluding carboxylic acids is 1. The zero-order valence-electron chi connectivity index (χ0n) is 15.9. The zero-order chi connectivity index (χ0) is 19.6. The predicted molar refractivity (Wildman–Crippen MR) is 104 cm³/mol. The van der Waals surface area contributed by atoms with Gasteiger partial charge in [-0.25, -0.2) is 8.42 Å². The molecular weight excluding hydrogens is 364 g/mol. The molecule has 1 aromatic heterocycles. The topological polar surface area (TPSA) is 84.3 Å². The molecule has 1 N–H and O–H groups in total. The maximum atomic E-state index is 12.9. The molecule has 27 heavy (non-hydrogen) atoms. The van der Waals surface area contributed by atoms with Gasteiger partial charge in [-0.05, 0) is 36.5 Å². The number of hydrogen-bond donors (Lipinski definition) is 1. The number of hydrogen-bond acceptors (Lipinski definition) is 4. The first-order valence-electron chi connectivity index (χ1n) is 9.18. The number of rotatable bonds is 5. The Morgan fingerprint density at radius 1 is 1.15 bits per heavy atom. The Morgan fingerprint density at radius 2 is 1.78 bits per heavy atom.